The zero-order valence-electron chi connectivity index (χ0n) is 10.2. The summed E-state index contributed by atoms with van der Waals surface area (Å²) in [5, 5.41) is 8.90. The van der Waals surface area contributed by atoms with Gasteiger partial charge in [0.1, 0.15) is 0 Å². The lowest BCUT2D eigenvalue weighted by molar-refractivity contribution is -0.138. The van der Waals surface area contributed by atoms with Gasteiger partial charge in [0.2, 0.25) is 0 Å². The smallest absolute Gasteiger partial charge is 0.310 e. The Morgan fingerprint density at radius 2 is 1.88 bits per heavy atom. The second-order valence-electron chi connectivity index (χ2n) is 3.72. The third kappa shape index (κ3) is 2.33. The van der Waals surface area contributed by atoms with E-state index in [0.717, 1.165) is 0 Å². The second kappa shape index (κ2) is 5.03. The van der Waals surface area contributed by atoms with Crippen molar-refractivity contribution >= 4 is 5.97 Å². The van der Waals surface area contributed by atoms with E-state index in [-0.39, 0.29) is 17.1 Å². The van der Waals surface area contributed by atoms with Gasteiger partial charge in [0.15, 0.2) is 17.3 Å². The summed E-state index contributed by atoms with van der Waals surface area (Å²) < 4.78 is 24.0. The Kier molecular flexibility index (Phi) is 3.93. The van der Waals surface area contributed by atoms with E-state index in [9.17, 15) is 9.18 Å². The van der Waals surface area contributed by atoms with E-state index in [4.69, 9.17) is 14.6 Å². The third-order valence-corrected chi connectivity index (χ3v) is 2.63. The number of aryl methyl sites for hydroxylation is 1. The van der Waals surface area contributed by atoms with Crippen molar-refractivity contribution in [3.8, 4) is 11.5 Å². The Morgan fingerprint density at radius 3 is 2.29 bits per heavy atom. The summed E-state index contributed by atoms with van der Waals surface area (Å²) >= 11 is 0. The van der Waals surface area contributed by atoms with E-state index >= 15 is 0 Å². The lowest BCUT2D eigenvalue weighted by atomic mass is 9.97. The van der Waals surface area contributed by atoms with Crippen molar-refractivity contribution in [3.05, 3.63) is 23.0 Å². The number of carboxylic acids is 1. The molecule has 0 aliphatic carbocycles. The highest BCUT2D eigenvalue weighted by atomic mass is 19.1. The van der Waals surface area contributed by atoms with Gasteiger partial charge in [-0.3, -0.25) is 4.79 Å². The highest BCUT2D eigenvalue weighted by Gasteiger charge is 2.24. The average molecular weight is 242 g/mol. The Labute approximate surface area is 99.0 Å². The molecule has 1 aromatic rings. The first-order valence-corrected chi connectivity index (χ1v) is 5.07. The predicted octanol–water partition coefficient (Wildman–Crippen LogP) is 2.34. The number of benzene rings is 1. The second-order valence-corrected chi connectivity index (χ2v) is 3.72. The van der Waals surface area contributed by atoms with E-state index in [1.165, 1.54) is 27.2 Å². The van der Waals surface area contributed by atoms with Crippen LogP contribution in [0.2, 0.25) is 0 Å². The van der Waals surface area contributed by atoms with E-state index in [0.29, 0.717) is 5.56 Å². The maximum absolute atomic E-state index is 14.0. The van der Waals surface area contributed by atoms with Gasteiger partial charge >= 0.3 is 5.97 Å². The van der Waals surface area contributed by atoms with Gasteiger partial charge in [-0.1, -0.05) is 0 Å². The third-order valence-electron chi connectivity index (χ3n) is 2.63. The molecule has 94 valence electrons. The van der Waals surface area contributed by atoms with Crippen LogP contribution in [0, 0.1) is 12.7 Å². The molecule has 1 rings (SSSR count). The largest absolute Gasteiger partial charge is 0.492 e. The molecule has 0 amide bonds. The first-order chi connectivity index (χ1) is 7.93. The van der Waals surface area contributed by atoms with Crippen molar-refractivity contribution in [1.82, 2.24) is 0 Å². The van der Waals surface area contributed by atoms with Gasteiger partial charge in [-0.05, 0) is 25.5 Å². The van der Waals surface area contributed by atoms with Crippen molar-refractivity contribution < 1.29 is 23.8 Å². The molecule has 17 heavy (non-hydrogen) atoms. The Bertz CT molecular complexity index is 443. The molecule has 1 N–H and O–H groups in total. The van der Waals surface area contributed by atoms with Crippen LogP contribution in [0.5, 0.6) is 11.5 Å². The fraction of sp³-hybridized carbons (Fsp3) is 0.417. The minimum atomic E-state index is -1.09. The molecule has 1 aromatic carbocycles. The van der Waals surface area contributed by atoms with Gasteiger partial charge in [-0.2, -0.15) is 0 Å². The van der Waals surface area contributed by atoms with Gasteiger partial charge in [-0.15, -0.1) is 0 Å². The van der Waals surface area contributed by atoms with Crippen LogP contribution in [0.4, 0.5) is 4.39 Å². The van der Waals surface area contributed by atoms with E-state index < -0.39 is 17.7 Å². The number of hydrogen-bond donors (Lipinski definition) is 1. The van der Waals surface area contributed by atoms with Crippen LogP contribution in [0.15, 0.2) is 6.07 Å². The van der Waals surface area contributed by atoms with Gasteiger partial charge in [0.25, 0.3) is 0 Å². The van der Waals surface area contributed by atoms with Crippen LogP contribution in [-0.4, -0.2) is 25.3 Å². The average Bonchev–Trinajstić information content (AvgIpc) is 2.29. The molecule has 1 atom stereocenters. The zero-order chi connectivity index (χ0) is 13.2. The summed E-state index contributed by atoms with van der Waals surface area (Å²) in [4.78, 5) is 10.9. The highest BCUT2D eigenvalue weighted by molar-refractivity contribution is 5.76. The summed E-state index contributed by atoms with van der Waals surface area (Å²) in [6.45, 7) is 3.13. The molecule has 0 saturated heterocycles. The van der Waals surface area contributed by atoms with Crippen LogP contribution in [0.3, 0.4) is 0 Å². The maximum atomic E-state index is 14.0. The van der Waals surface area contributed by atoms with Gasteiger partial charge < -0.3 is 14.6 Å². The Morgan fingerprint density at radius 1 is 1.35 bits per heavy atom. The van der Waals surface area contributed by atoms with E-state index in [1.54, 1.807) is 6.92 Å². The molecule has 5 heteroatoms. The number of carboxylic acid groups (broad SMARTS) is 1. The zero-order valence-corrected chi connectivity index (χ0v) is 10.2. The standard InChI is InChI=1S/C12H15FO4/c1-6-5-8(7(2)12(14)15)9(13)11(17-4)10(6)16-3/h5,7H,1-4H3,(H,14,15). The van der Waals surface area contributed by atoms with E-state index in [1.807, 2.05) is 0 Å². The lowest BCUT2D eigenvalue weighted by Crippen LogP contribution is -2.11. The van der Waals surface area contributed by atoms with Crippen LogP contribution in [0.25, 0.3) is 0 Å². The fourth-order valence-electron chi connectivity index (χ4n) is 1.66. The molecular weight excluding hydrogens is 227 g/mol. The molecule has 0 spiro atoms. The number of aliphatic carboxylic acids is 1. The van der Waals surface area contributed by atoms with Gasteiger partial charge in [0, 0.05) is 5.56 Å². The maximum Gasteiger partial charge on any atom is 0.310 e. The number of halogens is 1. The van der Waals surface area contributed by atoms with Crippen molar-refractivity contribution in [1.29, 1.82) is 0 Å². The molecule has 0 fully saturated rings. The predicted molar refractivity (Wildman–Crippen MR) is 60.3 cm³/mol. The Hall–Kier alpha value is -1.78. The molecule has 0 radical (unpaired) electrons. The minimum absolute atomic E-state index is 0.0596. The number of carbonyl (C=O) groups is 1. The number of methoxy groups -OCH3 is 2. The molecule has 0 aromatic heterocycles. The monoisotopic (exact) mass is 242 g/mol. The first kappa shape index (κ1) is 13.3. The fourth-order valence-corrected chi connectivity index (χ4v) is 1.66. The molecular formula is C12H15FO4. The van der Waals surface area contributed by atoms with Crippen LogP contribution >= 0.6 is 0 Å². The van der Waals surface area contributed by atoms with Crippen molar-refractivity contribution in [2.24, 2.45) is 0 Å². The topological polar surface area (TPSA) is 55.8 Å². The number of rotatable bonds is 4. The lowest BCUT2D eigenvalue weighted by Gasteiger charge is -2.16. The highest BCUT2D eigenvalue weighted by Crippen LogP contribution is 2.38. The van der Waals surface area contributed by atoms with Crippen molar-refractivity contribution in [2.75, 3.05) is 14.2 Å². The summed E-state index contributed by atoms with van der Waals surface area (Å²) in [6, 6.07) is 1.47. The van der Waals surface area contributed by atoms with Crippen LogP contribution in [0.1, 0.15) is 24.0 Å². The normalized spacial score (nSPS) is 12.1. The summed E-state index contributed by atoms with van der Waals surface area (Å²) in [5.74, 6) is -2.49. The van der Waals surface area contributed by atoms with Gasteiger partial charge in [0.05, 0.1) is 20.1 Å². The molecule has 0 aliphatic rings. The number of ether oxygens (including phenoxy) is 2. The minimum Gasteiger partial charge on any atom is -0.492 e. The molecule has 1 unspecified atom stereocenters. The Balaban J connectivity index is 3.45. The summed E-state index contributed by atoms with van der Waals surface area (Å²) in [5.41, 5.74) is 0.724. The first-order valence-electron chi connectivity index (χ1n) is 5.07. The SMILES string of the molecule is COc1c(C)cc(C(C)C(=O)O)c(F)c1OC. The van der Waals surface area contributed by atoms with Crippen molar-refractivity contribution in [3.63, 3.8) is 0 Å². The van der Waals surface area contributed by atoms with Gasteiger partial charge in [-0.25, -0.2) is 4.39 Å². The molecule has 0 aliphatic heterocycles. The van der Waals surface area contributed by atoms with Crippen LogP contribution in [-0.2, 0) is 4.79 Å². The van der Waals surface area contributed by atoms with Crippen LogP contribution < -0.4 is 9.47 Å². The quantitative estimate of drug-likeness (QED) is 0.880. The summed E-state index contributed by atoms with van der Waals surface area (Å²) in [6.07, 6.45) is 0. The molecule has 4 nitrogen and oxygen atoms in total. The van der Waals surface area contributed by atoms with E-state index in [2.05, 4.69) is 0 Å². The summed E-state index contributed by atoms with van der Waals surface area (Å²) in [7, 11) is 2.72. The number of hydrogen-bond acceptors (Lipinski definition) is 3. The molecule has 0 heterocycles. The molecule has 0 bridgehead atoms. The molecule has 0 saturated carbocycles. The van der Waals surface area contributed by atoms with Crippen molar-refractivity contribution in [2.45, 2.75) is 19.8 Å².